The standard InChI is InChI=1S/C16H13Cl2N3O3/c1-3-24-16(23)11-7-19-14-13(8(2)20-21(14)15(11)22)10-5-4-9(17)6-12(10)18/h4-7,19H,3H2,1-2H3. The van der Waals surface area contributed by atoms with Crippen LogP contribution in [0.25, 0.3) is 16.8 Å². The van der Waals surface area contributed by atoms with Gasteiger partial charge in [-0.25, -0.2) is 4.79 Å². The topological polar surface area (TPSA) is 76.5 Å². The summed E-state index contributed by atoms with van der Waals surface area (Å²) >= 11 is 12.2. The summed E-state index contributed by atoms with van der Waals surface area (Å²) in [4.78, 5) is 27.3. The van der Waals surface area contributed by atoms with Crippen molar-refractivity contribution in [1.82, 2.24) is 14.6 Å². The number of rotatable bonds is 3. The number of aryl methyl sites for hydroxylation is 1. The van der Waals surface area contributed by atoms with Gasteiger partial charge < -0.3 is 9.72 Å². The molecule has 0 saturated carbocycles. The zero-order valence-corrected chi connectivity index (χ0v) is 14.4. The molecule has 0 aliphatic carbocycles. The maximum atomic E-state index is 12.5. The van der Waals surface area contributed by atoms with Crippen LogP contribution in [0.5, 0.6) is 0 Å². The number of halogens is 2. The van der Waals surface area contributed by atoms with Gasteiger partial charge in [-0.3, -0.25) is 4.79 Å². The minimum Gasteiger partial charge on any atom is -0.462 e. The van der Waals surface area contributed by atoms with Gasteiger partial charge in [-0.05, 0) is 26.0 Å². The highest BCUT2D eigenvalue weighted by atomic mass is 35.5. The van der Waals surface area contributed by atoms with Crippen molar-refractivity contribution in [3.8, 4) is 11.1 Å². The Bertz CT molecular complexity index is 1010. The quantitative estimate of drug-likeness (QED) is 0.720. The van der Waals surface area contributed by atoms with Crippen LogP contribution in [0.15, 0.2) is 29.2 Å². The van der Waals surface area contributed by atoms with Crippen LogP contribution in [0.3, 0.4) is 0 Å². The Morgan fingerprint density at radius 1 is 1.38 bits per heavy atom. The molecule has 0 bridgehead atoms. The summed E-state index contributed by atoms with van der Waals surface area (Å²) in [7, 11) is 0. The fraction of sp³-hybridized carbons (Fsp3) is 0.188. The van der Waals surface area contributed by atoms with Crippen LogP contribution in [-0.4, -0.2) is 27.2 Å². The molecule has 1 N–H and O–H groups in total. The van der Waals surface area contributed by atoms with Gasteiger partial charge in [0.2, 0.25) is 0 Å². The molecular weight excluding hydrogens is 353 g/mol. The van der Waals surface area contributed by atoms with Crippen molar-refractivity contribution < 1.29 is 9.53 Å². The summed E-state index contributed by atoms with van der Waals surface area (Å²) in [5.74, 6) is -0.695. The number of carbonyl (C=O) groups excluding carboxylic acids is 1. The molecule has 0 saturated heterocycles. The first-order valence-corrected chi connectivity index (χ1v) is 7.93. The van der Waals surface area contributed by atoms with E-state index in [0.29, 0.717) is 32.5 Å². The van der Waals surface area contributed by atoms with Gasteiger partial charge in [0.25, 0.3) is 5.56 Å². The van der Waals surface area contributed by atoms with E-state index in [0.717, 1.165) is 4.52 Å². The molecule has 6 nitrogen and oxygen atoms in total. The number of esters is 1. The predicted molar refractivity (Wildman–Crippen MR) is 92.0 cm³/mol. The number of fused-ring (bicyclic) bond motifs is 1. The first-order chi connectivity index (χ1) is 11.4. The van der Waals surface area contributed by atoms with E-state index in [2.05, 4.69) is 10.1 Å². The Kier molecular flexibility index (Phi) is 4.34. The van der Waals surface area contributed by atoms with Gasteiger partial charge in [0.05, 0.1) is 17.3 Å². The van der Waals surface area contributed by atoms with Gasteiger partial charge in [-0.2, -0.15) is 9.61 Å². The SMILES string of the molecule is CCOC(=O)c1c[nH]c2c(-c3ccc(Cl)cc3Cl)c(C)nn2c1=O. The summed E-state index contributed by atoms with van der Waals surface area (Å²) in [6.45, 7) is 3.61. The number of nitrogens with zero attached hydrogens (tertiary/aromatic N) is 2. The maximum Gasteiger partial charge on any atom is 0.345 e. The first kappa shape index (κ1) is 16.5. The van der Waals surface area contributed by atoms with E-state index in [4.69, 9.17) is 27.9 Å². The molecule has 0 unspecified atom stereocenters. The second kappa shape index (κ2) is 6.30. The van der Waals surface area contributed by atoms with Crippen molar-refractivity contribution in [2.45, 2.75) is 13.8 Å². The molecular formula is C16H13Cl2N3O3. The van der Waals surface area contributed by atoms with Gasteiger partial charge >= 0.3 is 5.97 Å². The van der Waals surface area contributed by atoms with Crippen molar-refractivity contribution in [3.63, 3.8) is 0 Å². The molecule has 0 atom stereocenters. The summed E-state index contributed by atoms with van der Waals surface area (Å²) in [6.07, 6.45) is 1.32. The lowest BCUT2D eigenvalue weighted by molar-refractivity contribution is 0.0523. The molecule has 2 heterocycles. The summed E-state index contributed by atoms with van der Waals surface area (Å²) in [5.41, 5.74) is 1.72. The molecule has 124 valence electrons. The average molecular weight is 366 g/mol. The number of hydrogen-bond acceptors (Lipinski definition) is 4. The zero-order valence-electron chi connectivity index (χ0n) is 12.9. The second-order valence-corrected chi connectivity index (χ2v) is 5.92. The molecule has 0 aliphatic heterocycles. The fourth-order valence-corrected chi connectivity index (χ4v) is 3.00. The number of aromatic amines is 1. The van der Waals surface area contributed by atoms with Crippen LogP contribution >= 0.6 is 23.2 Å². The molecule has 1 aromatic carbocycles. The third-order valence-electron chi connectivity index (χ3n) is 3.53. The lowest BCUT2D eigenvalue weighted by Crippen LogP contribution is -2.24. The molecule has 2 aromatic heterocycles. The summed E-state index contributed by atoms with van der Waals surface area (Å²) in [5, 5.41) is 5.18. The summed E-state index contributed by atoms with van der Waals surface area (Å²) in [6, 6.07) is 5.08. The smallest absolute Gasteiger partial charge is 0.345 e. The highest BCUT2D eigenvalue weighted by Crippen LogP contribution is 2.34. The normalized spacial score (nSPS) is 11.0. The Balaban J connectivity index is 2.25. The van der Waals surface area contributed by atoms with Crippen molar-refractivity contribution >= 4 is 34.8 Å². The van der Waals surface area contributed by atoms with Gasteiger partial charge in [-0.15, -0.1) is 0 Å². The molecule has 3 aromatic rings. The van der Waals surface area contributed by atoms with E-state index in [1.807, 2.05) is 0 Å². The maximum absolute atomic E-state index is 12.5. The molecule has 0 spiro atoms. The molecule has 0 amide bonds. The minimum atomic E-state index is -0.695. The molecule has 0 fully saturated rings. The third-order valence-corrected chi connectivity index (χ3v) is 4.08. The van der Waals surface area contributed by atoms with Crippen molar-refractivity contribution in [1.29, 1.82) is 0 Å². The van der Waals surface area contributed by atoms with Crippen LogP contribution in [0.4, 0.5) is 0 Å². The Morgan fingerprint density at radius 3 is 2.79 bits per heavy atom. The molecule has 0 aliphatic rings. The van der Waals surface area contributed by atoms with Gasteiger partial charge in [0.15, 0.2) is 0 Å². The number of hydrogen-bond donors (Lipinski definition) is 1. The second-order valence-electron chi connectivity index (χ2n) is 5.07. The number of H-pyrrole nitrogens is 1. The van der Waals surface area contributed by atoms with Crippen LogP contribution < -0.4 is 5.56 Å². The average Bonchev–Trinajstić information content (AvgIpc) is 2.85. The Morgan fingerprint density at radius 2 is 2.12 bits per heavy atom. The van der Waals surface area contributed by atoms with E-state index in [-0.39, 0.29) is 12.2 Å². The lowest BCUT2D eigenvalue weighted by atomic mass is 10.1. The largest absolute Gasteiger partial charge is 0.462 e. The van der Waals surface area contributed by atoms with E-state index in [1.54, 1.807) is 32.0 Å². The highest BCUT2D eigenvalue weighted by molar-refractivity contribution is 6.36. The minimum absolute atomic E-state index is 0.111. The van der Waals surface area contributed by atoms with Crippen LogP contribution in [-0.2, 0) is 4.74 Å². The molecule has 0 radical (unpaired) electrons. The number of benzene rings is 1. The summed E-state index contributed by atoms with van der Waals surface area (Å²) < 4.78 is 6.02. The molecule has 3 rings (SSSR count). The van der Waals surface area contributed by atoms with Gasteiger partial charge in [0.1, 0.15) is 11.2 Å². The zero-order chi connectivity index (χ0) is 17.4. The van der Waals surface area contributed by atoms with E-state index in [9.17, 15) is 9.59 Å². The first-order valence-electron chi connectivity index (χ1n) is 7.17. The van der Waals surface area contributed by atoms with E-state index >= 15 is 0 Å². The number of ether oxygens (including phenoxy) is 1. The predicted octanol–water partition coefficient (Wildman–Crippen LogP) is 3.48. The number of carbonyl (C=O) groups is 1. The van der Waals surface area contributed by atoms with Crippen molar-refractivity contribution in [3.05, 3.63) is 56.1 Å². The Hall–Kier alpha value is -2.31. The van der Waals surface area contributed by atoms with Gasteiger partial charge in [0, 0.05) is 22.3 Å². The van der Waals surface area contributed by atoms with Crippen LogP contribution in [0.1, 0.15) is 23.0 Å². The molecule has 8 heteroatoms. The van der Waals surface area contributed by atoms with Crippen molar-refractivity contribution in [2.24, 2.45) is 0 Å². The van der Waals surface area contributed by atoms with Crippen LogP contribution in [0, 0.1) is 6.92 Å². The fourth-order valence-electron chi connectivity index (χ4n) is 2.49. The van der Waals surface area contributed by atoms with E-state index in [1.165, 1.54) is 6.20 Å². The monoisotopic (exact) mass is 365 g/mol. The highest BCUT2D eigenvalue weighted by Gasteiger charge is 2.20. The Labute approximate surface area is 147 Å². The number of nitrogens with one attached hydrogen (secondary N) is 1. The third kappa shape index (κ3) is 2.68. The molecule has 24 heavy (non-hydrogen) atoms. The van der Waals surface area contributed by atoms with Crippen LogP contribution in [0.2, 0.25) is 10.0 Å². The van der Waals surface area contributed by atoms with Gasteiger partial charge in [-0.1, -0.05) is 29.3 Å². The van der Waals surface area contributed by atoms with E-state index < -0.39 is 11.5 Å². The number of aromatic nitrogens is 3. The lowest BCUT2D eigenvalue weighted by Gasteiger charge is -2.05. The van der Waals surface area contributed by atoms with Crippen molar-refractivity contribution in [2.75, 3.05) is 6.61 Å².